The maximum atomic E-state index is 12.0. The molecule has 8 heteroatoms. The Morgan fingerprint density at radius 3 is 2.22 bits per heavy atom. The topological polar surface area (TPSA) is 56.8 Å². The Labute approximate surface area is 155 Å². The van der Waals surface area contributed by atoms with E-state index in [0.717, 1.165) is 5.75 Å². The Morgan fingerprint density at radius 1 is 1.00 bits per heavy atom. The Hall–Kier alpha value is -2.74. The van der Waals surface area contributed by atoms with Crippen LogP contribution in [-0.4, -0.2) is 39.0 Å². The highest BCUT2D eigenvalue weighted by Crippen LogP contribution is 2.17. The molecule has 0 atom stereocenters. The third kappa shape index (κ3) is 7.57. The lowest BCUT2D eigenvalue weighted by molar-refractivity contribution is -0.176. The van der Waals surface area contributed by atoms with E-state index < -0.39 is 12.8 Å². The molecule has 27 heavy (non-hydrogen) atoms. The SMILES string of the molecule is COc1ccc(OCCNC(=O)c2ccc(COCC(F)(F)F)cc2)cc1. The number of alkyl halides is 3. The molecule has 5 nitrogen and oxygen atoms in total. The van der Waals surface area contributed by atoms with Gasteiger partial charge in [0.15, 0.2) is 0 Å². The van der Waals surface area contributed by atoms with Gasteiger partial charge in [0.1, 0.15) is 24.7 Å². The van der Waals surface area contributed by atoms with Crippen LogP contribution in [0.15, 0.2) is 48.5 Å². The molecule has 146 valence electrons. The lowest BCUT2D eigenvalue weighted by Gasteiger charge is -2.09. The summed E-state index contributed by atoms with van der Waals surface area (Å²) in [6, 6.07) is 13.2. The lowest BCUT2D eigenvalue weighted by atomic mass is 10.1. The van der Waals surface area contributed by atoms with E-state index in [2.05, 4.69) is 10.1 Å². The predicted molar refractivity (Wildman–Crippen MR) is 93.0 cm³/mol. The van der Waals surface area contributed by atoms with Gasteiger partial charge in [-0.1, -0.05) is 12.1 Å². The molecule has 0 saturated carbocycles. The number of amides is 1. The summed E-state index contributed by atoms with van der Waals surface area (Å²) in [5, 5.41) is 2.71. The summed E-state index contributed by atoms with van der Waals surface area (Å²) >= 11 is 0. The fourth-order valence-electron chi connectivity index (χ4n) is 2.14. The molecule has 2 rings (SSSR count). The van der Waals surface area contributed by atoms with Crippen molar-refractivity contribution in [3.8, 4) is 11.5 Å². The van der Waals surface area contributed by atoms with Crippen LogP contribution in [0.25, 0.3) is 0 Å². The number of benzene rings is 2. The van der Waals surface area contributed by atoms with Crippen LogP contribution in [0.1, 0.15) is 15.9 Å². The molecule has 0 aromatic heterocycles. The van der Waals surface area contributed by atoms with E-state index >= 15 is 0 Å². The van der Waals surface area contributed by atoms with Crippen molar-refractivity contribution >= 4 is 5.91 Å². The predicted octanol–water partition coefficient (Wildman–Crippen LogP) is 3.58. The highest BCUT2D eigenvalue weighted by molar-refractivity contribution is 5.94. The van der Waals surface area contributed by atoms with E-state index in [4.69, 9.17) is 9.47 Å². The largest absolute Gasteiger partial charge is 0.497 e. The van der Waals surface area contributed by atoms with Gasteiger partial charge in [-0.25, -0.2) is 0 Å². The normalized spacial score (nSPS) is 11.1. The molecule has 0 fully saturated rings. The summed E-state index contributed by atoms with van der Waals surface area (Å²) in [7, 11) is 1.58. The summed E-state index contributed by atoms with van der Waals surface area (Å²) in [5.41, 5.74) is 0.956. The molecule has 0 aliphatic carbocycles. The Morgan fingerprint density at radius 2 is 1.63 bits per heavy atom. The van der Waals surface area contributed by atoms with Crippen molar-refractivity contribution in [3.63, 3.8) is 0 Å². The standard InChI is InChI=1S/C19H20F3NO4/c1-25-16-6-8-17(9-7-16)27-11-10-23-18(24)15-4-2-14(3-5-15)12-26-13-19(20,21)22/h2-9H,10-13H2,1H3,(H,23,24). The van der Waals surface area contributed by atoms with Gasteiger partial charge in [-0.3, -0.25) is 4.79 Å². The van der Waals surface area contributed by atoms with Crippen LogP contribution in [0.5, 0.6) is 11.5 Å². The average Bonchev–Trinajstić information content (AvgIpc) is 2.65. The summed E-state index contributed by atoms with van der Waals surface area (Å²) in [4.78, 5) is 12.0. The van der Waals surface area contributed by atoms with Crippen LogP contribution in [-0.2, 0) is 11.3 Å². The van der Waals surface area contributed by atoms with E-state index in [1.165, 1.54) is 12.1 Å². The number of hydrogen-bond acceptors (Lipinski definition) is 4. The molecule has 2 aromatic carbocycles. The number of hydrogen-bond donors (Lipinski definition) is 1. The molecule has 0 heterocycles. The van der Waals surface area contributed by atoms with Crippen molar-refractivity contribution in [1.82, 2.24) is 5.32 Å². The maximum absolute atomic E-state index is 12.0. The number of methoxy groups -OCH3 is 1. The number of ether oxygens (including phenoxy) is 3. The van der Waals surface area contributed by atoms with Gasteiger partial charge in [0.05, 0.1) is 20.3 Å². The molecule has 0 radical (unpaired) electrons. The first-order chi connectivity index (χ1) is 12.9. The van der Waals surface area contributed by atoms with Crippen LogP contribution < -0.4 is 14.8 Å². The van der Waals surface area contributed by atoms with Crippen LogP contribution in [0.2, 0.25) is 0 Å². The molecule has 1 N–H and O–H groups in total. The number of halogens is 3. The third-order valence-corrected chi connectivity index (χ3v) is 3.47. The monoisotopic (exact) mass is 383 g/mol. The van der Waals surface area contributed by atoms with Gasteiger partial charge in [0.2, 0.25) is 0 Å². The van der Waals surface area contributed by atoms with Crippen molar-refractivity contribution in [1.29, 1.82) is 0 Å². The molecule has 0 spiro atoms. The van der Waals surface area contributed by atoms with Crippen molar-refractivity contribution < 1.29 is 32.2 Å². The molecular formula is C19H20F3NO4. The van der Waals surface area contributed by atoms with E-state index in [9.17, 15) is 18.0 Å². The second-order valence-electron chi connectivity index (χ2n) is 5.58. The van der Waals surface area contributed by atoms with E-state index in [1.807, 2.05) is 0 Å². The first-order valence-electron chi connectivity index (χ1n) is 8.16. The third-order valence-electron chi connectivity index (χ3n) is 3.47. The zero-order valence-electron chi connectivity index (χ0n) is 14.7. The minimum atomic E-state index is -4.35. The zero-order valence-corrected chi connectivity index (χ0v) is 14.7. The summed E-state index contributed by atoms with van der Waals surface area (Å²) in [6.45, 7) is -0.872. The summed E-state index contributed by atoms with van der Waals surface area (Å²) in [6.07, 6.45) is -4.35. The van der Waals surface area contributed by atoms with E-state index in [1.54, 1.807) is 43.5 Å². The fourth-order valence-corrected chi connectivity index (χ4v) is 2.14. The van der Waals surface area contributed by atoms with Gasteiger partial charge >= 0.3 is 6.18 Å². The van der Waals surface area contributed by atoms with Crippen molar-refractivity contribution in [3.05, 3.63) is 59.7 Å². The van der Waals surface area contributed by atoms with Crippen molar-refractivity contribution in [2.75, 3.05) is 26.9 Å². The van der Waals surface area contributed by atoms with Gasteiger partial charge in [-0.2, -0.15) is 13.2 Å². The number of carbonyl (C=O) groups is 1. The summed E-state index contributed by atoms with van der Waals surface area (Å²) < 4.78 is 51.2. The average molecular weight is 383 g/mol. The molecule has 1 amide bonds. The fraction of sp³-hybridized carbons (Fsp3) is 0.316. The number of carbonyl (C=O) groups excluding carboxylic acids is 1. The van der Waals surface area contributed by atoms with Crippen molar-refractivity contribution in [2.45, 2.75) is 12.8 Å². The molecule has 0 bridgehead atoms. The number of rotatable bonds is 9. The van der Waals surface area contributed by atoms with Crippen LogP contribution in [0.4, 0.5) is 13.2 Å². The van der Waals surface area contributed by atoms with E-state index in [-0.39, 0.29) is 12.5 Å². The van der Waals surface area contributed by atoms with Crippen LogP contribution in [0, 0.1) is 0 Å². The zero-order chi connectivity index (χ0) is 19.7. The molecule has 0 aliphatic heterocycles. The van der Waals surface area contributed by atoms with Gasteiger partial charge in [0, 0.05) is 5.56 Å². The Bertz CT molecular complexity index is 715. The smallest absolute Gasteiger partial charge is 0.411 e. The lowest BCUT2D eigenvalue weighted by Crippen LogP contribution is -2.28. The van der Waals surface area contributed by atoms with Gasteiger partial charge in [0.25, 0.3) is 5.91 Å². The van der Waals surface area contributed by atoms with Gasteiger partial charge < -0.3 is 19.5 Å². The molecule has 0 aliphatic rings. The van der Waals surface area contributed by atoms with Crippen LogP contribution >= 0.6 is 0 Å². The molecule has 2 aromatic rings. The second-order valence-corrected chi connectivity index (χ2v) is 5.58. The van der Waals surface area contributed by atoms with Gasteiger partial charge in [-0.05, 0) is 42.0 Å². The number of nitrogens with one attached hydrogen (secondary N) is 1. The first kappa shape index (κ1) is 20.6. The van der Waals surface area contributed by atoms with Gasteiger partial charge in [-0.15, -0.1) is 0 Å². The maximum Gasteiger partial charge on any atom is 0.411 e. The molecule has 0 saturated heterocycles. The Kier molecular flexibility index (Phi) is 7.48. The quantitative estimate of drug-likeness (QED) is 0.673. The van der Waals surface area contributed by atoms with E-state index in [0.29, 0.717) is 30.0 Å². The second kappa shape index (κ2) is 9.82. The van der Waals surface area contributed by atoms with Crippen LogP contribution in [0.3, 0.4) is 0 Å². The minimum absolute atomic E-state index is 0.170. The van der Waals surface area contributed by atoms with Crippen molar-refractivity contribution in [2.24, 2.45) is 0 Å². The molecular weight excluding hydrogens is 363 g/mol. The highest BCUT2D eigenvalue weighted by Gasteiger charge is 2.27. The Balaban J connectivity index is 1.70. The first-order valence-corrected chi connectivity index (χ1v) is 8.16. The minimum Gasteiger partial charge on any atom is -0.497 e. The molecule has 0 unspecified atom stereocenters. The summed E-state index contributed by atoms with van der Waals surface area (Å²) in [5.74, 6) is 1.09. The highest BCUT2D eigenvalue weighted by atomic mass is 19.4.